The minimum atomic E-state index is 0.179. The molecule has 0 aliphatic carbocycles. The molecule has 3 heterocycles. The molecule has 0 bridgehead atoms. The summed E-state index contributed by atoms with van der Waals surface area (Å²) in [5.41, 5.74) is 4.43. The standard InChI is InChI=1S/C24H25N3O/c28-24(16-20-9-5-13-25-17-20)27-14-6-10-21(18-27)23-12-4-11-22(26-23)15-19-7-2-1-3-8-19/h1-5,7-9,11-13,17,21H,6,10,14-16,18H2. The number of nitrogens with zero attached hydrogens (tertiary/aromatic N) is 3. The Morgan fingerprint density at radius 2 is 1.86 bits per heavy atom. The quantitative estimate of drug-likeness (QED) is 0.681. The van der Waals surface area contributed by atoms with Gasteiger partial charge in [0.1, 0.15) is 0 Å². The molecule has 1 unspecified atom stereocenters. The minimum Gasteiger partial charge on any atom is -0.342 e. The molecule has 4 nitrogen and oxygen atoms in total. The van der Waals surface area contributed by atoms with E-state index in [0.717, 1.165) is 49.3 Å². The van der Waals surface area contributed by atoms with E-state index < -0.39 is 0 Å². The Bertz CT molecular complexity index is 911. The number of carbonyl (C=O) groups excluding carboxylic acids is 1. The molecule has 1 amide bonds. The van der Waals surface area contributed by atoms with E-state index in [1.165, 1.54) is 5.56 Å². The number of aromatic nitrogens is 2. The van der Waals surface area contributed by atoms with Crippen LogP contribution in [0.4, 0.5) is 0 Å². The molecule has 1 aromatic carbocycles. The average Bonchev–Trinajstić information content (AvgIpc) is 2.75. The van der Waals surface area contributed by atoms with Gasteiger partial charge < -0.3 is 4.90 Å². The number of rotatable bonds is 5. The van der Waals surface area contributed by atoms with Crippen molar-refractivity contribution in [3.8, 4) is 0 Å². The van der Waals surface area contributed by atoms with Crippen molar-refractivity contribution in [3.63, 3.8) is 0 Å². The lowest BCUT2D eigenvalue weighted by molar-refractivity contribution is -0.131. The first kappa shape index (κ1) is 18.4. The zero-order valence-electron chi connectivity index (χ0n) is 16.0. The number of carbonyl (C=O) groups is 1. The fourth-order valence-electron chi connectivity index (χ4n) is 3.86. The Morgan fingerprint density at radius 3 is 2.68 bits per heavy atom. The molecule has 0 radical (unpaired) electrons. The third-order valence-electron chi connectivity index (χ3n) is 5.33. The third-order valence-corrected chi connectivity index (χ3v) is 5.33. The van der Waals surface area contributed by atoms with Gasteiger partial charge in [0.15, 0.2) is 0 Å². The molecule has 0 N–H and O–H groups in total. The van der Waals surface area contributed by atoms with Crippen LogP contribution in [0, 0.1) is 0 Å². The number of hydrogen-bond acceptors (Lipinski definition) is 3. The first-order valence-corrected chi connectivity index (χ1v) is 9.94. The van der Waals surface area contributed by atoms with E-state index in [9.17, 15) is 4.79 Å². The summed E-state index contributed by atoms with van der Waals surface area (Å²) < 4.78 is 0. The molecule has 1 fully saturated rings. The van der Waals surface area contributed by atoms with Crippen LogP contribution in [0.1, 0.15) is 41.3 Å². The van der Waals surface area contributed by atoms with Crippen LogP contribution in [0.15, 0.2) is 73.1 Å². The Balaban J connectivity index is 1.43. The summed E-state index contributed by atoms with van der Waals surface area (Å²) in [6, 6.07) is 20.5. The van der Waals surface area contributed by atoms with Gasteiger partial charge in [-0.1, -0.05) is 42.5 Å². The van der Waals surface area contributed by atoms with Gasteiger partial charge in [-0.15, -0.1) is 0 Å². The van der Waals surface area contributed by atoms with E-state index >= 15 is 0 Å². The second-order valence-corrected chi connectivity index (χ2v) is 7.43. The highest BCUT2D eigenvalue weighted by Gasteiger charge is 2.25. The maximum absolute atomic E-state index is 12.7. The van der Waals surface area contributed by atoms with Gasteiger partial charge in [0, 0.05) is 49.2 Å². The summed E-state index contributed by atoms with van der Waals surface area (Å²) in [5, 5.41) is 0. The maximum atomic E-state index is 12.7. The molecule has 142 valence electrons. The monoisotopic (exact) mass is 371 g/mol. The van der Waals surface area contributed by atoms with Crippen molar-refractivity contribution in [3.05, 3.63) is 95.6 Å². The van der Waals surface area contributed by atoms with E-state index in [2.05, 4.69) is 47.4 Å². The van der Waals surface area contributed by atoms with E-state index in [1.807, 2.05) is 23.1 Å². The molecular weight excluding hydrogens is 346 g/mol. The summed E-state index contributed by atoms with van der Waals surface area (Å²) in [5.74, 6) is 0.487. The van der Waals surface area contributed by atoms with Crippen LogP contribution >= 0.6 is 0 Å². The average molecular weight is 371 g/mol. The van der Waals surface area contributed by atoms with Crippen LogP contribution in [-0.4, -0.2) is 33.9 Å². The number of likely N-dealkylation sites (tertiary alicyclic amines) is 1. The minimum absolute atomic E-state index is 0.179. The number of benzene rings is 1. The fourth-order valence-corrected chi connectivity index (χ4v) is 3.86. The Kier molecular flexibility index (Phi) is 5.76. The van der Waals surface area contributed by atoms with Crippen LogP contribution in [0.5, 0.6) is 0 Å². The Morgan fingerprint density at radius 1 is 1.00 bits per heavy atom. The smallest absolute Gasteiger partial charge is 0.227 e. The lowest BCUT2D eigenvalue weighted by Crippen LogP contribution is -2.40. The highest BCUT2D eigenvalue weighted by atomic mass is 16.2. The maximum Gasteiger partial charge on any atom is 0.227 e. The lowest BCUT2D eigenvalue weighted by atomic mass is 9.93. The fraction of sp³-hybridized carbons (Fsp3) is 0.292. The molecule has 2 aromatic heterocycles. The van der Waals surface area contributed by atoms with Gasteiger partial charge >= 0.3 is 0 Å². The summed E-state index contributed by atoms with van der Waals surface area (Å²) >= 11 is 0. The summed E-state index contributed by atoms with van der Waals surface area (Å²) in [6.45, 7) is 1.58. The van der Waals surface area contributed by atoms with Gasteiger partial charge in [-0.25, -0.2) is 0 Å². The van der Waals surface area contributed by atoms with Gasteiger partial charge in [-0.3, -0.25) is 14.8 Å². The summed E-state index contributed by atoms with van der Waals surface area (Å²) in [7, 11) is 0. The number of amides is 1. The normalized spacial score (nSPS) is 16.7. The van der Waals surface area contributed by atoms with Gasteiger partial charge in [0.2, 0.25) is 5.91 Å². The third kappa shape index (κ3) is 4.63. The Hall–Kier alpha value is -3.01. The van der Waals surface area contributed by atoms with E-state index in [1.54, 1.807) is 12.4 Å². The van der Waals surface area contributed by atoms with Crippen molar-refractivity contribution in [2.24, 2.45) is 0 Å². The molecular formula is C24H25N3O. The van der Waals surface area contributed by atoms with Crippen molar-refractivity contribution in [2.45, 2.75) is 31.6 Å². The van der Waals surface area contributed by atoms with E-state index in [-0.39, 0.29) is 5.91 Å². The van der Waals surface area contributed by atoms with Crippen molar-refractivity contribution >= 4 is 5.91 Å². The summed E-state index contributed by atoms with van der Waals surface area (Å²) in [4.78, 5) is 23.8. The van der Waals surface area contributed by atoms with Crippen molar-refractivity contribution in [1.82, 2.24) is 14.9 Å². The Labute approximate surface area is 166 Å². The second-order valence-electron chi connectivity index (χ2n) is 7.43. The van der Waals surface area contributed by atoms with E-state index in [0.29, 0.717) is 12.3 Å². The molecule has 1 aliphatic heterocycles. The largest absolute Gasteiger partial charge is 0.342 e. The van der Waals surface area contributed by atoms with Crippen molar-refractivity contribution in [2.75, 3.05) is 13.1 Å². The van der Waals surface area contributed by atoms with Crippen molar-refractivity contribution < 1.29 is 4.79 Å². The van der Waals surface area contributed by atoms with Crippen LogP contribution in [0.3, 0.4) is 0 Å². The molecule has 1 aliphatic rings. The first-order valence-electron chi connectivity index (χ1n) is 9.94. The number of piperidine rings is 1. The van der Waals surface area contributed by atoms with Crippen LogP contribution in [0.25, 0.3) is 0 Å². The number of pyridine rings is 2. The molecule has 1 atom stereocenters. The highest BCUT2D eigenvalue weighted by molar-refractivity contribution is 5.78. The van der Waals surface area contributed by atoms with Gasteiger partial charge in [-0.05, 0) is 42.2 Å². The molecule has 1 saturated heterocycles. The summed E-state index contributed by atoms with van der Waals surface area (Å²) in [6.07, 6.45) is 6.87. The second kappa shape index (κ2) is 8.79. The lowest BCUT2D eigenvalue weighted by Gasteiger charge is -2.32. The molecule has 3 aromatic rings. The van der Waals surface area contributed by atoms with Crippen LogP contribution < -0.4 is 0 Å². The molecule has 0 saturated carbocycles. The van der Waals surface area contributed by atoms with Gasteiger partial charge in [0.25, 0.3) is 0 Å². The molecule has 4 heteroatoms. The van der Waals surface area contributed by atoms with Crippen LogP contribution in [0.2, 0.25) is 0 Å². The topological polar surface area (TPSA) is 46.1 Å². The van der Waals surface area contributed by atoms with Gasteiger partial charge in [0.05, 0.1) is 6.42 Å². The molecule has 0 spiro atoms. The zero-order valence-corrected chi connectivity index (χ0v) is 16.0. The predicted molar refractivity (Wildman–Crippen MR) is 110 cm³/mol. The zero-order chi connectivity index (χ0) is 19.2. The molecule has 28 heavy (non-hydrogen) atoms. The van der Waals surface area contributed by atoms with Crippen LogP contribution in [-0.2, 0) is 17.6 Å². The molecule has 4 rings (SSSR count). The first-order chi connectivity index (χ1) is 13.8. The van der Waals surface area contributed by atoms with E-state index in [4.69, 9.17) is 4.98 Å². The van der Waals surface area contributed by atoms with Gasteiger partial charge in [-0.2, -0.15) is 0 Å². The highest BCUT2D eigenvalue weighted by Crippen LogP contribution is 2.26. The SMILES string of the molecule is O=C(Cc1cccnc1)N1CCCC(c2cccc(Cc3ccccc3)n2)C1. The number of hydrogen-bond donors (Lipinski definition) is 0. The predicted octanol–water partition coefficient (Wildman–Crippen LogP) is 4.02. The van der Waals surface area contributed by atoms with Crippen molar-refractivity contribution in [1.29, 1.82) is 0 Å².